The van der Waals surface area contributed by atoms with Crippen molar-refractivity contribution in [2.75, 3.05) is 6.54 Å². The van der Waals surface area contributed by atoms with E-state index in [1.54, 1.807) is 6.26 Å². The van der Waals surface area contributed by atoms with E-state index in [9.17, 15) is 0 Å². The summed E-state index contributed by atoms with van der Waals surface area (Å²) in [4.78, 5) is 0. The second kappa shape index (κ2) is 7.15. The highest BCUT2D eigenvalue weighted by Crippen LogP contribution is 2.19. The fraction of sp³-hybridized carbons (Fsp3) is 0.412. The van der Waals surface area contributed by atoms with Crippen LogP contribution in [0.2, 0.25) is 0 Å². The monoisotopic (exact) mass is 273 g/mol. The Balaban J connectivity index is 1.95. The molecule has 1 heterocycles. The van der Waals surface area contributed by atoms with E-state index < -0.39 is 0 Å². The standard InChI is InChI=1S/C17H23NO2/c1-4-6-18-11-15-5-7-19-17(15)12-20-16-9-13(2)8-14(3)10-16/h5,7-10,18H,4,6,11-12H2,1-3H3. The lowest BCUT2D eigenvalue weighted by molar-refractivity contribution is 0.268. The number of aryl methyl sites for hydroxylation is 2. The van der Waals surface area contributed by atoms with Gasteiger partial charge >= 0.3 is 0 Å². The molecule has 0 saturated carbocycles. The van der Waals surface area contributed by atoms with E-state index in [1.807, 2.05) is 18.2 Å². The molecule has 0 aliphatic heterocycles. The molecule has 0 atom stereocenters. The topological polar surface area (TPSA) is 34.4 Å². The average molecular weight is 273 g/mol. The summed E-state index contributed by atoms with van der Waals surface area (Å²) in [7, 11) is 0. The Morgan fingerprint density at radius 2 is 1.90 bits per heavy atom. The van der Waals surface area contributed by atoms with E-state index in [-0.39, 0.29) is 0 Å². The van der Waals surface area contributed by atoms with Crippen LogP contribution < -0.4 is 10.1 Å². The maximum absolute atomic E-state index is 5.84. The van der Waals surface area contributed by atoms with Gasteiger partial charge in [0.1, 0.15) is 18.1 Å². The Bertz CT molecular complexity index is 525. The molecule has 1 aromatic heterocycles. The lowest BCUT2D eigenvalue weighted by Crippen LogP contribution is -2.14. The third-order valence-corrected chi connectivity index (χ3v) is 3.15. The normalized spacial score (nSPS) is 10.8. The first-order chi connectivity index (χ1) is 9.69. The van der Waals surface area contributed by atoms with Crippen molar-refractivity contribution in [3.8, 4) is 5.75 Å². The second-order valence-electron chi connectivity index (χ2n) is 5.16. The van der Waals surface area contributed by atoms with E-state index in [2.05, 4.69) is 32.2 Å². The number of furan rings is 1. The zero-order valence-electron chi connectivity index (χ0n) is 12.5. The van der Waals surface area contributed by atoms with Gasteiger partial charge in [0.2, 0.25) is 0 Å². The maximum atomic E-state index is 5.84. The molecule has 2 aromatic rings. The zero-order chi connectivity index (χ0) is 14.4. The summed E-state index contributed by atoms with van der Waals surface area (Å²) in [5, 5.41) is 3.38. The molecule has 3 nitrogen and oxygen atoms in total. The molecular weight excluding hydrogens is 250 g/mol. The SMILES string of the molecule is CCCNCc1ccoc1COc1cc(C)cc(C)c1. The molecule has 1 N–H and O–H groups in total. The van der Waals surface area contributed by atoms with E-state index in [4.69, 9.17) is 9.15 Å². The number of rotatable bonds is 7. The predicted molar refractivity (Wildman–Crippen MR) is 81.0 cm³/mol. The van der Waals surface area contributed by atoms with Crippen molar-refractivity contribution in [3.05, 3.63) is 53.0 Å². The van der Waals surface area contributed by atoms with Gasteiger partial charge in [0.25, 0.3) is 0 Å². The summed E-state index contributed by atoms with van der Waals surface area (Å²) >= 11 is 0. The first kappa shape index (κ1) is 14.7. The maximum Gasteiger partial charge on any atom is 0.146 e. The average Bonchev–Trinajstić information content (AvgIpc) is 2.83. The summed E-state index contributed by atoms with van der Waals surface area (Å²) in [5.41, 5.74) is 3.59. The van der Waals surface area contributed by atoms with Gasteiger partial charge < -0.3 is 14.5 Å². The first-order valence-corrected chi connectivity index (χ1v) is 7.16. The van der Waals surface area contributed by atoms with Crippen LogP contribution in [0.25, 0.3) is 0 Å². The molecule has 108 valence electrons. The molecule has 3 heteroatoms. The van der Waals surface area contributed by atoms with Crippen LogP contribution in [0.3, 0.4) is 0 Å². The lowest BCUT2D eigenvalue weighted by Gasteiger charge is -2.08. The Kier molecular flexibility index (Phi) is 5.24. The van der Waals surface area contributed by atoms with E-state index in [0.29, 0.717) is 6.61 Å². The van der Waals surface area contributed by atoms with Crippen molar-refractivity contribution in [3.63, 3.8) is 0 Å². The van der Waals surface area contributed by atoms with Gasteiger partial charge in [-0.2, -0.15) is 0 Å². The number of hydrogen-bond donors (Lipinski definition) is 1. The van der Waals surface area contributed by atoms with Gasteiger partial charge in [0, 0.05) is 12.1 Å². The minimum Gasteiger partial charge on any atom is -0.486 e. The largest absolute Gasteiger partial charge is 0.486 e. The molecule has 0 fully saturated rings. The van der Waals surface area contributed by atoms with Crippen LogP contribution in [0, 0.1) is 13.8 Å². The Morgan fingerprint density at radius 3 is 2.60 bits per heavy atom. The van der Waals surface area contributed by atoms with Crippen LogP contribution in [0.1, 0.15) is 35.8 Å². The van der Waals surface area contributed by atoms with E-state index in [0.717, 1.165) is 31.0 Å². The van der Waals surface area contributed by atoms with Crippen LogP contribution >= 0.6 is 0 Å². The molecule has 0 saturated heterocycles. The first-order valence-electron chi connectivity index (χ1n) is 7.16. The van der Waals surface area contributed by atoms with Crippen molar-refractivity contribution in [1.29, 1.82) is 0 Å². The minimum atomic E-state index is 0.471. The second-order valence-corrected chi connectivity index (χ2v) is 5.16. The Hall–Kier alpha value is -1.74. The Labute approximate surface area is 121 Å². The highest BCUT2D eigenvalue weighted by Gasteiger charge is 2.07. The summed E-state index contributed by atoms with van der Waals surface area (Å²) in [6.45, 7) is 8.63. The third-order valence-electron chi connectivity index (χ3n) is 3.15. The van der Waals surface area contributed by atoms with Crippen molar-refractivity contribution in [2.24, 2.45) is 0 Å². The van der Waals surface area contributed by atoms with Crippen molar-refractivity contribution in [1.82, 2.24) is 5.32 Å². The molecule has 0 radical (unpaired) electrons. The minimum absolute atomic E-state index is 0.471. The molecule has 0 aliphatic carbocycles. The molecule has 1 aromatic carbocycles. The van der Waals surface area contributed by atoms with Crippen molar-refractivity contribution in [2.45, 2.75) is 40.3 Å². The lowest BCUT2D eigenvalue weighted by atomic mass is 10.1. The fourth-order valence-electron chi connectivity index (χ4n) is 2.22. The summed E-state index contributed by atoms with van der Waals surface area (Å²) < 4.78 is 11.4. The van der Waals surface area contributed by atoms with Gasteiger partial charge in [0.15, 0.2) is 0 Å². The highest BCUT2D eigenvalue weighted by molar-refractivity contribution is 5.33. The number of hydrogen-bond acceptors (Lipinski definition) is 3. The quantitative estimate of drug-likeness (QED) is 0.775. The van der Waals surface area contributed by atoms with Gasteiger partial charge in [-0.15, -0.1) is 0 Å². The van der Waals surface area contributed by atoms with E-state index >= 15 is 0 Å². The fourth-order valence-corrected chi connectivity index (χ4v) is 2.22. The molecule has 2 rings (SSSR count). The van der Waals surface area contributed by atoms with Crippen LogP contribution in [-0.2, 0) is 13.2 Å². The van der Waals surface area contributed by atoms with Crippen LogP contribution in [-0.4, -0.2) is 6.54 Å². The van der Waals surface area contributed by atoms with Gasteiger partial charge in [-0.25, -0.2) is 0 Å². The van der Waals surface area contributed by atoms with Crippen LogP contribution in [0.15, 0.2) is 34.9 Å². The summed E-state index contributed by atoms with van der Waals surface area (Å²) in [6, 6.07) is 8.23. The molecule has 20 heavy (non-hydrogen) atoms. The molecule has 0 amide bonds. The van der Waals surface area contributed by atoms with Gasteiger partial charge in [-0.1, -0.05) is 13.0 Å². The molecule has 0 aliphatic rings. The summed E-state index contributed by atoms with van der Waals surface area (Å²) in [5.74, 6) is 1.79. The highest BCUT2D eigenvalue weighted by atomic mass is 16.5. The van der Waals surface area contributed by atoms with Gasteiger partial charge in [-0.05, 0) is 56.1 Å². The van der Waals surface area contributed by atoms with Crippen LogP contribution in [0.5, 0.6) is 5.75 Å². The predicted octanol–water partition coefficient (Wildman–Crippen LogP) is 3.98. The molecule has 0 spiro atoms. The molecular formula is C17H23NO2. The van der Waals surface area contributed by atoms with E-state index in [1.165, 1.54) is 16.7 Å². The number of nitrogens with one attached hydrogen (secondary N) is 1. The third kappa shape index (κ3) is 4.14. The van der Waals surface area contributed by atoms with Crippen molar-refractivity contribution < 1.29 is 9.15 Å². The molecule has 0 bridgehead atoms. The number of ether oxygens (including phenoxy) is 1. The van der Waals surface area contributed by atoms with Crippen molar-refractivity contribution >= 4 is 0 Å². The zero-order valence-corrected chi connectivity index (χ0v) is 12.5. The number of benzene rings is 1. The molecule has 0 unspecified atom stereocenters. The summed E-state index contributed by atoms with van der Waals surface area (Å²) in [6.07, 6.45) is 2.86. The Morgan fingerprint density at radius 1 is 1.15 bits per heavy atom. The van der Waals surface area contributed by atoms with Gasteiger partial charge in [-0.3, -0.25) is 0 Å². The van der Waals surface area contributed by atoms with Crippen LogP contribution in [0.4, 0.5) is 0 Å². The van der Waals surface area contributed by atoms with Gasteiger partial charge in [0.05, 0.1) is 6.26 Å². The smallest absolute Gasteiger partial charge is 0.146 e.